The summed E-state index contributed by atoms with van der Waals surface area (Å²) in [5.41, 5.74) is 0. The Bertz CT molecular complexity index is 519. The molecule has 1 aromatic rings. The molecule has 8 heteroatoms. The fraction of sp³-hybridized carbons (Fsp3) is 0.400. The van der Waals surface area contributed by atoms with Gasteiger partial charge in [-0.3, -0.25) is 0 Å². The first-order valence-corrected chi connectivity index (χ1v) is 7.32. The molecule has 0 heterocycles. The van der Waals surface area contributed by atoms with Crippen molar-refractivity contribution in [3.63, 3.8) is 0 Å². The van der Waals surface area contributed by atoms with Crippen molar-refractivity contribution in [2.24, 2.45) is 0 Å². The van der Waals surface area contributed by atoms with E-state index in [0.29, 0.717) is 6.61 Å². The van der Waals surface area contributed by atoms with Crippen LogP contribution < -0.4 is 4.74 Å². The lowest BCUT2D eigenvalue weighted by Crippen LogP contribution is -2.08. The van der Waals surface area contributed by atoms with Crippen LogP contribution in [0.1, 0.15) is 6.92 Å². The number of halogens is 3. The SMILES string of the molecule is CCOCCOc1ccc(S(=O)(=O)Cl)c(F)c1F. The molecule has 0 atom stereocenters. The molecule has 0 N–H and O–H groups in total. The largest absolute Gasteiger partial charge is 0.488 e. The van der Waals surface area contributed by atoms with E-state index in [4.69, 9.17) is 20.2 Å². The minimum absolute atomic E-state index is 0.0250. The maximum Gasteiger partial charge on any atom is 0.264 e. The van der Waals surface area contributed by atoms with Gasteiger partial charge in [0.25, 0.3) is 9.05 Å². The van der Waals surface area contributed by atoms with Crippen LogP contribution in [0.2, 0.25) is 0 Å². The second-order valence-electron chi connectivity index (χ2n) is 3.17. The predicted octanol–water partition coefficient (Wildman–Crippen LogP) is 2.31. The molecular formula is C10H11ClF2O4S. The molecule has 0 radical (unpaired) electrons. The van der Waals surface area contributed by atoms with Gasteiger partial charge in [-0.15, -0.1) is 0 Å². The molecule has 1 rings (SSSR count). The van der Waals surface area contributed by atoms with Gasteiger partial charge in [-0.05, 0) is 19.1 Å². The highest BCUT2D eigenvalue weighted by Crippen LogP contribution is 2.27. The maximum absolute atomic E-state index is 13.4. The Balaban J connectivity index is 2.88. The Labute approximate surface area is 108 Å². The molecule has 4 nitrogen and oxygen atoms in total. The van der Waals surface area contributed by atoms with E-state index in [-0.39, 0.29) is 13.2 Å². The predicted molar refractivity (Wildman–Crippen MR) is 61.4 cm³/mol. The summed E-state index contributed by atoms with van der Waals surface area (Å²) in [6, 6.07) is 1.84. The summed E-state index contributed by atoms with van der Waals surface area (Å²) in [4.78, 5) is -0.918. The molecule has 0 aliphatic rings. The minimum Gasteiger partial charge on any atom is -0.488 e. The maximum atomic E-state index is 13.4. The van der Waals surface area contributed by atoms with Crippen molar-refractivity contribution >= 4 is 19.7 Å². The lowest BCUT2D eigenvalue weighted by atomic mass is 10.3. The van der Waals surface area contributed by atoms with Crippen molar-refractivity contribution < 1.29 is 26.7 Å². The third kappa shape index (κ3) is 3.79. The molecule has 0 bridgehead atoms. The fourth-order valence-electron chi connectivity index (χ4n) is 1.17. The second kappa shape index (κ2) is 6.31. The Morgan fingerprint density at radius 1 is 1.22 bits per heavy atom. The van der Waals surface area contributed by atoms with Crippen LogP contribution in [0, 0.1) is 11.6 Å². The lowest BCUT2D eigenvalue weighted by molar-refractivity contribution is 0.108. The Morgan fingerprint density at radius 3 is 2.44 bits per heavy atom. The van der Waals surface area contributed by atoms with Gasteiger partial charge in [0.1, 0.15) is 11.5 Å². The Morgan fingerprint density at radius 2 is 1.89 bits per heavy atom. The third-order valence-corrected chi connectivity index (χ3v) is 3.30. The van der Waals surface area contributed by atoms with Crippen LogP contribution in [0.5, 0.6) is 5.75 Å². The van der Waals surface area contributed by atoms with Gasteiger partial charge in [0.2, 0.25) is 5.82 Å². The summed E-state index contributed by atoms with van der Waals surface area (Å²) in [6.45, 7) is 2.49. The molecule has 0 aliphatic heterocycles. The number of benzene rings is 1. The third-order valence-electron chi connectivity index (χ3n) is 1.96. The molecule has 0 amide bonds. The molecule has 0 aliphatic carbocycles. The van der Waals surface area contributed by atoms with E-state index in [1.165, 1.54) is 0 Å². The van der Waals surface area contributed by atoms with E-state index in [1.54, 1.807) is 6.92 Å². The minimum atomic E-state index is -4.32. The van der Waals surface area contributed by atoms with Gasteiger partial charge in [-0.1, -0.05) is 0 Å². The molecule has 18 heavy (non-hydrogen) atoms. The summed E-state index contributed by atoms with van der Waals surface area (Å²) in [7, 11) is 0.614. The summed E-state index contributed by atoms with van der Waals surface area (Å²) in [5, 5.41) is 0. The summed E-state index contributed by atoms with van der Waals surface area (Å²) >= 11 is 0. The van der Waals surface area contributed by atoms with Crippen LogP contribution >= 0.6 is 10.7 Å². The summed E-state index contributed by atoms with van der Waals surface area (Å²) in [5.74, 6) is -3.34. The van der Waals surface area contributed by atoms with Crippen LogP contribution in [0.15, 0.2) is 17.0 Å². The van der Waals surface area contributed by atoms with Crippen molar-refractivity contribution in [3.05, 3.63) is 23.8 Å². The van der Waals surface area contributed by atoms with Gasteiger partial charge in [0.15, 0.2) is 11.6 Å². The van der Waals surface area contributed by atoms with Gasteiger partial charge >= 0.3 is 0 Å². The van der Waals surface area contributed by atoms with E-state index >= 15 is 0 Å². The molecular weight excluding hydrogens is 290 g/mol. The zero-order chi connectivity index (χ0) is 13.8. The van der Waals surface area contributed by atoms with Crippen molar-refractivity contribution in [2.45, 2.75) is 11.8 Å². The summed E-state index contributed by atoms with van der Waals surface area (Å²) in [6.07, 6.45) is 0. The van der Waals surface area contributed by atoms with Crippen molar-refractivity contribution in [1.29, 1.82) is 0 Å². The fourth-order valence-corrected chi connectivity index (χ4v) is 2.06. The van der Waals surface area contributed by atoms with E-state index in [2.05, 4.69) is 0 Å². The van der Waals surface area contributed by atoms with Crippen molar-refractivity contribution in [2.75, 3.05) is 19.8 Å². The van der Waals surface area contributed by atoms with Crippen molar-refractivity contribution in [1.82, 2.24) is 0 Å². The number of ether oxygens (including phenoxy) is 2. The van der Waals surface area contributed by atoms with Crippen molar-refractivity contribution in [3.8, 4) is 5.75 Å². The quantitative estimate of drug-likeness (QED) is 0.597. The second-order valence-corrected chi connectivity index (χ2v) is 5.71. The normalized spacial score (nSPS) is 11.6. The zero-order valence-corrected chi connectivity index (χ0v) is 11.0. The van der Waals surface area contributed by atoms with Gasteiger partial charge in [0, 0.05) is 17.3 Å². The van der Waals surface area contributed by atoms with Crippen LogP contribution in [-0.4, -0.2) is 28.2 Å². The Hall–Kier alpha value is -0.920. The molecule has 0 saturated heterocycles. The number of hydrogen-bond acceptors (Lipinski definition) is 4. The monoisotopic (exact) mass is 300 g/mol. The highest BCUT2D eigenvalue weighted by atomic mass is 35.7. The van der Waals surface area contributed by atoms with Crippen LogP contribution in [-0.2, 0) is 13.8 Å². The molecule has 0 spiro atoms. The molecule has 1 aromatic carbocycles. The molecule has 102 valence electrons. The highest BCUT2D eigenvalue weighted by Gasteiger charge is 2.22. The van der Waals surface area contributed by atoms with Gasteiger partial charge in [-0.25, -0.2) is 12.8 Å². The van der Waals surface area contributed by atoms with E-state index < -0.39 is 31.3 Å². The van der Waals surface area contributed by atoms with Gasteiger partial charge < -0.3 is 9.47 Å². The zero-order valence-electron chi connectivity index (χ0n) is 9.45. The van der Waals surface area contributed by atoms with Gasteiger partial charge in [-0.2, -0.15) is 4.39 Å². The topological polar surface area (TPSA) is 52.6 Å². The van der Waals surface area contributed by atoms with E-state index in [1.807, 2.05) is 0 Å². The van der Waals surface area contributed by atoms with E-state index in [0.717, 1.165) is 12.1 Å². The molecule has 0 aromatic heterocycles. The first-order chi connectivity index (χ1) is 8.38. The standard InChI is InChI=1S/C10H11ClF2O4S/c1-2-16-5-6-17-7-3-4-8(18(11,14)15)10(13)9(7)12/h3-4H,2,5-6H2,1H3. The average Bonchev–Trinajstić information content (AvgIpc) is 2.28. The van der Waals surface area contributed by atoms with E-state index in [9.17, 15) is 17.2 Å². The van der Waals surface area contributed by atoms with Crippen LogP contribution in [0.4, 0.5) is 8.78 Å². The van der Waals surface area contributed by atoms with Crippen LogP contribution in [0.25, 0.3) is 0 Å². The first-order valence-electron chi connectivity index (χ1n) is 5.01. The summed E-state index contributed by atoms with van der Waals surface area (Å²) < 4.78 is 58.5. The Kier molecular flexibility index (Phi) is 5.30. The van der Waals surface area contributed by atoms with Crippen LogP contribution in [0.3, 0.4) is 0 Å². The molecule has 0 saturated carbocycles. The number of rotatable bonds is 6. The molecule has 0 fully saturated rings. The first kappa shape index (κ1) is 15.1. The smallest absolute Gasteiger partial charge is 0.264 e. The highest BCUT2D eigenvalue weighted by molar-refractivity contribution is 8.13. The lowest BCUT2D eigenvalue weighted by Gasteiger charge is -2.08. The molecule has 0 unspecified atom stereocenters. The average molecular weight is 301 g/mol. The van der Waals surface area contributed by atoms with Gasteiger partial charge in [0.05, 0.1) is 6.61 Å². The number of hydrogen-bond donors (Lipinski definition) is 0.